The van der Waals surface area contributed by atoms with Gasteiger partial charge in [-0.2, -0.15) is 0 Å². The van der Waals surface area contributed by atoms with E-state index in [1.807, 2.05) is 33.0 Å². The molecular formula is C18H26N4O2. The molecule has 0 amide bonds. The number of nitrogens with zero attached hydrogens (tertiary/aromatic N) is 3. The molecule has 0 atom stereocenters. The number of aryl methyl sites for hydroxylation is 2. The monoisotopic (exact) mass is 330 g/mol. The highest BCUT2D eigenvalue weighted by molar-refractivity contribution is 5.79. The molecule has 6 heteroatoms. The summed E-state index contributed by atoms with van der Waals surface area (Å²) in [5.74, 6) is 2.61. The van der Waals surface area contributed by atoms with Crippen LogP contribution in [0.25, 0.3) is 0 Å². The lowest BCUT2D eigenvalue weighted by Gasteiger charge is -2.22. The first-order valence-corrected chi connectivity index (χ1v) is 8.01. The summed E-state index contributed by atoms with van der Waals surface area (Å²) in [6, 6.07) is 8.06. The van der Waals surface area contributed by atoms with Crippen molar-refractivity contribution in [2.24, 2.45) is 4.99 Å². The topological polar surface area (TPSA) is 62.9 Å². The van der Waals surface area contributed by atoms with Crippen molar-refractivity contribution in [2.75, 3.05) is 27.7 Å². The van der Waals surface area contributed by atoms with Crippen LogP contribution < -0.4 is 10.1 Å². The van der Waals surface area contributed by atoms with Crippen molar-refractivity contribution in [2.45, 2.75) is 26.8 Å². The minimum atomic E-state index is 0.773. The summed E-state index contributed by atoms with van der Waals surface area (Å²) in [5.41, 5.74) is 3.32. The van der Waals surface area contributed by atoms with Crippen LogP contribution in [0, 0.1) is 13.8 Å². The zero-order chi connectivity index (χ0) is 17.5. The maximum absolute atomic E-state index is 5.20. The molecule has 0 radical (unpaired) electrons. The number of rotatable bonds is 6. The summed E-state index contributed by atoms with van der Waals surface area (Å²) in [5, 5.41) is 7.37. The van der Waals surface area contributed by atoms with Crippen molar-refractivity contribution < 1.29 is 9.26 Å². The molecular weight excluding hydrogens is 304 g/mol. The van der Waals surface area contributed by atoms with E-state index >= 15 is 0 Å². The molecule has 1 N–H and O–H groups in total. The Hall–Kier alpha value is -2.50. The van der Waals surface area contributed by atoms with E-state index in [0.29, 0.717) is 0 Å². The first-order chi connectivity index (χ1) is 11.5. The van der Waals surface area contributed by atoms with Crippen LogP contribution in [0.2, 0.25) is 0 Å². The lowest BCUT2D eigenvalue weighted by atomic mass is 10.1. The number of ether oxygens (including phenoxy) is 1. The first-order valence-electron chi connectivity index (χ1n) is 8.01. The standard InChI is InChI=1S/C18H26N4O2/c1-13-17(14(2)24-21-13)10-11-20-18(19-3)22(4)12-15-6-8-16(23-5)9-7-15/h6-9H,10-12H2,1-5H3,(H,19,20). The second-order valence-corrected chi connectivity index (χ2v) is 5.73. The van der Waals surface area contributed by atoms with Gasteiger partial charge in [-0.25, -0.2) is 0 Å². The normalized spacial score (nSPS) is 11.5. The molecule has 0 bridgehead atoms. The number of methoxy groups -OCH3 is 1. The van der Waals surface area contributed by atoms with E-state index in [2.05, 4.69) is 32.5 Å². The predicted molar refractivity (Wildman–Crippen MR) is 95.5 cm³/mol. The SMILES string of the molecule is CN=C(NCCc1c(C)noc1C)N(C)Cc1ccc(OC)cc1. The number of aromatic nitrogens is 1. The molecule has 0 unspecified atom stereocenters. The van der Waals surface area contributed by atoms with Gasteiger partial charge < -0.3 is 19.5 Å². The quantitative estimate of drug-likeness (QED) is 0.651. The molecule has 2 aromatic rings. The molecule has 2 rings (SSSR count). The van der Waals surface area contributed by atoms with Gasteiger partial charge in [-0.05, 0) is 38.0 Å². The van der Waals surface area contributed by atoms with Gasteiger partial charge in [0.25, 0.3) is 0 Å². The largest absolute Gasteiger partial charge is 0.497 e. The van der Waals surface area contributed by atoms with Crippen LogP contribution in [0.3, 0.4) is 0 Å². The number of hydrogen-bond donors (Lipinski definition) is 1. The van der Waals surface area contributed by atoms with Gasteiger partial charge in [0.2, 0.25) is 0 Å². The van der Waals surface area contributed by atoms with E-state index in [1.165, 1.54) is 5.56 Å². The van der Waals surface area contributed by atoms with Gasteiger partial charge in [-0.3, -0.25) is 4.99 Å². The summed E-state index contributed by atoms with van der Waals surface area (Å²) >= 11 is 0. The van der Waals surface area contributed by atoms with Crippen LogP contribution in [0.4, 0.5) is 0 Å². The minimum Gasteiger partial charge on any atom is -0.497 e. The van der Waals surface area contributed by atoms with E-state index in [4.69, 9.17) is 9.26 Å². The zero-order valence-corrected chi connectivity index (χ0v) is 15.1. The van der Waals surface area contributed by atoms with Crippen molar-refractivity contribution in [3.05, 3.63) is 46.8 Å². The van der Waals surface area contributed by atoms with Crippen LogP contribution in [-0.2, 0) is 13.0 Å². The molecule has 0 fully saturated rings. The predicted octanol–water partition coefficient (Wildman–Crippen LogP) is 2.55. The van der Waals surface area contributed by atoms with Crippen LogP contribution in [-0.4, -0.2) is 43.8 Å². The Morgan fingerprint density at radius 3 is 2.54 bits per heavy atom. The van der Waals surface area contributed by atoms with Gasteiger partial charge in [-0.15, -0.1) is 0 Å². The van der Waals surface area contributed by atoms with Crippen molar-refractivity contribution in [3.8, 4) is 5.75 Å². The Balaban J connectivity index is 1.88. The molecule has 0 aliphatic carbocycles. The summed E-state index contributed by atoms with van der Waals surface area (Å²) in [7, 11) is 5.49. The molecule has 6 nitrogen and oxygen atoms in total. The fraction of sp³-hybridized carbons (Fsp3) is 0.444. The smallest absolute Gasteiger partial charge is 0.193 e. The summed E-state index contributed by atoms with van der Waals surface area (Å²) in [4.78, 5) is 6.44. The Bertz CT molecular complexity index is 657. The number of aliphatic imine (C=N–C) groups is 1. The lowest BCUT2D eigenvalue weighted by Crippen LogP contribution is -2.39. The zero-order valence-electron chi connectivity index (χ0n) is 15.1. The fourth-order valence-electron chi connectivity index (χ4n) is 2.62. The van der Waals surface area contributed by atoms with Gasteiger partial charge in [0.15, 0.2) is 5.96 Å². The highest BCUT2D eigenvalue weighted by atomic mass is 16.5. The molecule has 1 aromatic heterocycles. The molecule has 24 heavy (non-hydrogen) atoms. The van der Waals surface area contributed by atoms with Gasteiger partial charge in [0, 0.05) is 32.7 Å². The Labute approximate surface area is 143 Å². The maximum atomic E-state index is 5.20. The van der Waals surface area contributed by atoms with Crippen molar-refractivity contribution in [3.63, 3.8) is 0 Å². The third kappa shape index (κ3) is 4.50. The third-order valence-corrected chi connectivity index (χ3v) is 3.99. The first kappa shape index (κ1) is 17.8. The molecule has 0 saturated carbocycles. The highest BCUT2D eigenvalue weighted by Crippen LogP contribution is 2.13. The van der Waals surface area contributed by atoms with Crippen molar-refractivity contribution in [1.29, 1.82) is 0 Å². The van der Waals surface area contributed by atoms with Crippen molar-refractivity contribution in [1.82, 2.24) is 15.4 Å². The molecule has 0 saturated heterocycles. The molecule has 0 spiro atoms. The Kier molecular flexibility index (Phi) is 6.23. The molecule has 1 aromatic carbocycles. The average Bonchev–Trinajstić information content (AvgIpc) is 2.91. The van der Waals surface area contributed by atoms with Crippen LogP contribution in [0.1, 0.15) is 22.6 Å². The van der Waals surface area contributed by atoms with E-state index in [9.17, 15) is 0 Å². The second-order valence-electron chi connectivity index (χ2n) is 5.73. The average molecular weight is 330 g/mol. The highest BCUT2D eigenvalue weighted by Gasteiger charge is 2.10. The van der Waals surface area contributed by atoms with Gasteiger partial charge in [0.1, 0.15) is 11.5 Å². The number of hydrogen-bond acceptors (Lipinski definition) is 4. The second kappa shape index (κ2) is 8.38. The van der Waals surface area contributed by atoms with E-state index in [0.717, 1.165) is 48.2 Å². The number of nitrogens with one attached hydrogen (secondary N) is 1. The molecule has 130 valence electrons. The molecule has 0 aliphatic heterocycles. The van der Waals surface area contributed by atoms with E-state index in [-0.39, 0.29) is 0 Å². The minimum absolute atomic E-state index is 0.773. The lowest BCUT2D eigenvalue weighted by molar-refractivity contribution is 0.392. The van der Waals surface area contributed by atoms with Gasteiger partial charge in [0.05, 0.1) is 12.8 Å². The van der Waals surface area contributed by atoms with E-state index in [1.54, 1.807) is 14.2 Å². The summed E-state index contributed by atoms with van der Waals surface area (Å²) < 4.78 is 10.4. The third-order valence-electron chi connectivity index (χ3n) is 3.99. The maximum Gasteiger partial charge on any atom is 0.193 e. The summed E-state index contributed by atoms with van der Waals surface area (Å²) in [6.45, 7) is 5.47. The van der Waals surface area contributed by atoms with Crippen LogP contribution in [0.15, 0.2) is 33.8 Å². The Morgan fingerprint density at radius 1 is 1.29 bits per heavy atom. The van der Waals surface area contributed by atoms with Crippen LogP contribution in [0.5, 0.6) is 5.75 Å². The van der Waals surface area contributed by atoms with E-state index < -0.39 is 0 Å². The Morgan fingerprint density at radius 2 is 2.00 bits per heavy atom. The summed E-state index contributed by atoms with van der Waals surface area (Å²) in [6.07, 6.45) is 0.858. The molecule has 1 heterocycles. The fourth-order valence-corrected chi connectivity index (χ4v) is 2.62. The van der Waals surface area contributed by atoms with Gasteiger partial charge in [-0.1, -0.05) is 17.3 Å². The van der Waals surface area contributed by atoms with Crippen molar-refractivity contribution >= 4 is 5.96 Å². The van der Waals surface area contributed by atoms with Crippen LogP contribution >= 0.6 is 0 Å². The molecule has 0 aliphatic rings. The number of guanidine groups is 1. The number of benzene rings is 1. The van der Waals surface area contributed by atoms with Gasteiger partial charge >= 0.3 is 0 Å².